The summed E-state index contributed by atoms with van der Waals surface area (Å²) < 4.78 is 0. The van der Waals surface area contributed by atoms with Gasteiger partial charge in [0, 0.05) is 0 Å². The molecule has 82 valence electrons. The van der Waals surface area contributed by atoms with Crippen molar-refractivity contribution >= 4 is 11.9 Å². The van der Waals surface area contributed by atoms with Crippen molar-refractivity contribution in [3.05, 3.63) is 0 Å². The van der Waals surface area contributed by atoms with E-state index in [4.69, 9.17) is 10.8 Å². The fourth-order valence-electron chi connectivity index (χ4n) is 0.758. The van der Waals surface area contributed by atoms with Crippen LogP contribution < -0.4 is 11.1 Å². The van der Waals surface area contributed by atoms with Crippen LogP contribution in [0.1, 0.15) is 27.7 Å². The van der Waals surface area contributed by atoms with Crippen LogP contribution in [0.2, 0.25) is 0 Å². The Kier molecular flexibility index (Phi) is 4.07. The second-order valence-corrected chi connectivity index (χ2v) is 4.41. The van der Waals surface area contributed by atoms with E-state index in [1.807, 2.05) is 20.8 Å². The highest BCUT2D eigenvalue weighted by molar-refractivity contribution is 5.87. The van der Waals surface area contributed by atoms with E-state index in [0.29, 0.717) is 0 Å². The Morgan fingerprint density at radius 3 is 2.07 bits per heavy atom. The average molecular weight is 202 g/mol. The number of aliphatic carboxylic acids is 1. The molecule has 0 spiro atoms. The van der Waals surface area contributed by atoms with Gasteiger partial charge >= 0.3 is 5.97 Å². The molecule has 0 aromatic heterocycles. The SMILES string of the molecule is CC(NC(=O)C(N)C(C)(C)C)C(=O)O. The van der Waals surface area contributed by atoms with Gasteiger partial charge < -0.3 is 16.2 Å². The van der Waals surface area contributed by atoms with Crippen LogP contribution in [0.25, 0.3) is 0 Å². The highest BCUT2D eigenvalue weighted by Crippen LogP contribution is 2.17. The molecule has 0 radical (unpaired) electrons. The average Bonchev–Trinajstić information content (AvgIpc) is 2.00. The van der Waals surface area contributed by atoms with Crippen LogP contribution in [0.5, 0.6) is 0 Å². The number of hydrogen-bond acceptors (Lipinski definition) is 3. The molecule has 0 saturated heterocycles. The van der Waals surface area contributed by atoms with Gasteiger partial charge in [-0.15, -0.1) is 0 Å². The van der Waals surface area contributed by atoms with Crippen LogP contribution >= 0.6 is 0 Å². The van der Waals surface area contributed by atoms with E-state index in [2.05, 4.69) is 5.32 Å². The Balaban J connectivity index is 4.29. The topological polar surface area (TPSA) is 92.4 Å². The number of nitrogens with one attached hydrogen (secondary N) is 1. The van der Waals surface area contributed by atoms with Gasteiger partial charge in [-0.1, -0.05) is 20.8 Å². The molecule has 0 aliphatic carbocycles. The van der Waals surface area contributed by atoms with Gasteiger partial charge in [0.15, 0.2) is 0 Å². The molecule has 0 rings (SSSR count). The zero-order valence-electron chi connectivity index (χ0n) is 9.00. The number of carbonyl (C=O) groups excluding carboxylic acids is 1. The Bertz CT molecular complexity index is 233. The molecule has 0 heterocycles. The second kappa shape index (κ2) is 4.41. The van der Waals surface area contributed by atoms with Crippen molar-refractivity contribution < 1.29 is 14.7 Å². The van der Waals surface area contributed by atoms with Crippen LogP contribution in [-0.2, 0) is 9.59 Å². The molecule has 5 heteroatoms. The first-order valence-corrected chi connectivity index (χ1v) is 4.45. The van der Waals surface area contributed by atoms with Crippen molar-refractivity contribution in [1.29, 1.82) is 0 Å². The van der Waals surface area contributed by atoms with Crippen molar-refractivity contribution in [2.45, 2.75) is 39.8 Å². The van der Waals surface area contributed by atoms with Gasteiger partial charge in [0.1, 0.15) is 6.04 Å². The summed E-state index contributed by atoms with van der Waals surface area (Å²) in [5.74, 6) is -1.51. The van der Waals surface area contributed by atoms with Gasteiger partial charge in [0.2, 0.25) is 5.91 Å². The fraction of sp³-hybridized carbons (Fsp3) is 0.778. The summed E-state index contributed by atoms with van der Waals surface area (Å²) in [5.41, 5.74) is 5.27. The number of hydrogen-bond donors (Lipinski definition) is 3. The molecule has 0 aromatic carbocycles. The predicted molar refractivity (Wildman–Crippen MR) is 52.7 cm³/mol. The molecule has 5 nitrogen and oxygen atoms in total. The molecular formula is C9H18N2O3. The van der Waals surface area contributed by atoms with Crippen LogP contribution in [0.4, 0.5) is 0 Å². The summed E-state index contributed by atoms with van der Waals surface area (Å²) in [6.45, 7) is 6.86. The number of carboxylic acids is 1. The molecule has 4 N–H and O–H groups in total. The number of carboxylic acid groups (broad SMARTS) is 1. The first-order chi connectivity index (χ1) is 6.16. The molecule has 1 amide bonds. The quantitative estimate of drug-likeness (QED) is 0.598. The molecule has 0 aliphatic heterocycles. The van der Waals surface area contributed by atoms with Crippen LogP contribution in [0.15, 0.2) is 0 Å². The van der Waals surface area contributed by atoms with E-state index < -0.39 is 24.0 Å². The lowest BCUT2D eigenvalue weighted by Gasteiger charge is -2.26. The number of nitrogens with two attached hydrogens (primary N) is 1. The molecule has 0 fully saturated rings. The van der Waals surface area contributed by atoms with Crippen molar-refractivity contribution in [2.24, 2.45) is 11.1 Å². The highest BCUT2D eigenvalue weighted by Gasteiger charge is 2.29. The maximum absolute atomic E-state index is 11.4. The molecule has 0 bridgehead atoms. The molecule has 0 aromatic rings. The summed E-state index contributed by atoms with van der Waals surface area (Å²) in [7, 11) is 0. The maximum Gasteiger partial charge on any atom is 0.325 e. The van der Waals surface area contributed by atoms with Gasteiger partial charge in [0.25, 0.3) is 0 Å². The van der Waals surface area contributed by atoms with Gasteiger partial charge in [-0.2, -0.15) is 0 Å². The zero-order chi connectivity index (χ0) is 11.5. The molecule has 0 aliphatic rings. The van der Waals surface area contributed by atoms with Crippen molar-refractivity contribution in [1.82, 2.24) is 5.32 Å². The summed E-state index contributed by atoms with van der Waals surface area (Å²) in [6.07, 6.45) is 0. The smallest absolute Gasteiger partial charge is 0.325 e. The van der Waals surface area contributed by atoms with Crippen LogP contribution in [-0.4, -0.2) is 29.1 Å². The standard InChI is InChI=1S/C9H18N2O3/c1-5(8(13)14)11-7(12)6(10)9(2,3)4/h5-6H,10H2,1-4H3,(H,11,12)(H,13,14). The van der Waals surface area contributed by atoms with E-state index in [-0.39, 0.29) is 5.41 Å². The van der Waals surface area contributed by atoms with E-state index in [1.54, 1.807) is 0 Å². The lowest BCUT2D eigenvalue weighted by molar-refractivity contribution is -0.141. The fourth-order valence-corrected chi connectivity index (χ4v) is 0.758. The minimum absolute atomic E-state index is 0.373. The molecule has 14 heavy (non-hydrogen) atoms. The second-order valence-electron chi connectivity index (χ2n) is 4.41. The lowest BCUT2D eigenvalue weighted by Crippen LogP contribution is -2.52. The third-order valence-electron chi connectivity index (χ3n) is 1.94. The number of amides is 1. The summed E-state index contributed by atoms with van der Waals surface area (Å²) in [4.78, 5) is 21.9. The summed E-state index contributed by atoms with van der Waals surface area (Å²) >= 11 is 0. The van der Waals surface area contributed by atoms with Gasteiger partial charge in [-0.25, -0.2) is 0 Å². The number of rotatable bonds is 3. The minimum Gasteiger partial charge on any atom is -0.480 e. The Hall–Kier alpha value is -1.10. The minimum atomic E-state index is -1.07. The Morgan fingerprint density at radius 1 is 1.36 bits per heavy atom. The normalized spacial score (nSPS) is 15.8. The van der Waals surface area contributed by atoms with Crippen molar-refractivity contribution in [2.75, 3.05) is 0 Å². The van der Waals surface area contributed by atoms with Crippen molar-refractivity contribution in [3.63, 3.8) is 0 Å². The third kappa shape index (κ3) is 3.74. The summed E-state index contributed by atoms with van der Waals surface area (Å²) in [6, 6.07) is -1.61. The van der Waals surface area contributed by atoms with E-state index in [1.165, 1.54) is 6.92 Å². The van der Waals surface area contributed by atoms with Gasteiger partial charge in [0.05, 0.1) is 6.04 Å². The van der Waals surface area contributed by atoms with Gasteiger partial charge in [-0.3, -0.25) is 9.59 Å². The van der Waals surface area contributed by atoms with E-state index in [0.717, 1.165) is 0 Å². The van der Waals surface area contributed by atoms with Crippen molar-refractivity contribution in [3.8, 4) is 0 Å². The Labute approximate surface area is 83.7 Å². The predicted octanol–water partition coefficient (Wildman–Crippen LogP) is -0.0509. The number of carbonyl (C=O) groups is 2. The monoisotopic (exact) mass is 202 g/mol. The Morgan fingerprint density at radius 2 is 1.79 bits per heavy atom. The van der Waals surface area contributed by atoms with Crippen LogP contribution in [0.3, 0.4) is 0 Å². The molecule has 0 saturated carbocycles. The van der Waals surface area contributed by atoms with Crippen LogP contribution in [0, 0.1) is 5.41 Å². The first-order valence-electron chi connectivity index (χ1n) is 4.45. The first kappa shape index (κ1) is 12.9. The maximum atomic E-state index is 11.4. The van der Waals surface area contributed by atoms with E-state index in [9.17, 15) is 9.59 Å². The largest absolute Gasteiger partial charge is 0.480 e. The zero-order valence-corrected chi connectivity index (χ0v) is 9.00. The third-order valence-corrected chi connectivity index (χ3v) is 1.94. The van der Waals surface area contributed by atoms with Gasteiger partial charge in [-0.05, 0) is 12.3 Å². The molecular weight excluding hydrogens is 184 g/mol. The summed E-state index contributed by atoms with van der Waals surface area (Å²) in [5, 5.41) is 10.9. The molecule has 2 unspecified atom stereocenters. The highest BCUT2D eigenvalue weighted by atomic mass is 16.4. The lowest BCUT2D eigenvalue weighted by atomic mass is 9.87. The molecule has 2 atom stereocenters. The van der Waals surface area contributed by atoms with E-state index >= 15 is 0 Å².